The summed E-state index contributed by atoms with van der Waals surface area (Å²) >= 11 is 1.64. The van der Waals surface area contributed by atoms with Gasteiger partial charge in [0, 0.05) is 28.5 Å². The van der Waals surface area contributed by atoms with Gasteiger partial charge in [-0.15, -0.1) is 11.3 Å². The molecule has 0 saturated heterocycles. The van der Waals surface area contributed by atoms with Crippen molar-refractivity contribution < 1.29 is 9.18 Å². The third kappa shape index (κ3) is 3.01. The molecule has 120 valence electrons. The molecule has 2 aromatic heterocycles. The van der Waals surface area contributed by atoms with Crippen LogP contribution in [0.4, 0.5) is 4.39 Å². The van der Waals surface area contributed by atoms with Crippen LogP contribution in [0.3, 0.4) is 0 Å². The van der Waals surface area contributed by atoms with Crippen LogP contribution in [-0.2, 0) is 11.2 Å². The summed E-state index contributed by atoms with van der Waals surface area (Å²) in [5.74, 6) is -0.260. The third-order valence-corrected chi connectivity index (χ3v) is 5.38. The van der Waals surface area contributed by atoms with Crippen LogP contribution >= 0.6 is 11.3 Å². The Hall–Kier alpha value is -2.14. The average Bonchev–Trinajstić information content (AvgIpc) is 3.15. The van der Waals surface area contributed by atoms with Crippen molar-refractivity contribution in [2.24, 2.45) is 0 Å². The Morgan fingerprint density at radius 2 is 2.17 bits per heavy atom. The van der Waals surface area contributed by atoms with Gasteiger partial charge in [-0.25, -0.2) is 4.39 Å². The summed E-state index contributed by atoms with van der Waals surface area (Å²) in [5.41, 5.74) is 2.64. The van der Waals surface area contributed by atoms with E-state index in [1.807, 2.05) is 38.4 Å². The monoisotopic (exact) mass is 330 g/mol. The number of carbonyl (C=O) groups excluding carboxylic acids is 1. The highest BCUT2D eigenvalue weighted by Crippen LogP contribution is 2.27. The first kappa shape index (κ1) is 15.7. The zero-order valence-corrected chi connectivity index (χ0v) is 14.2. The van der Waals surface area contributed by atoms with Crippen molar-refractivity contribution in [3.8, 4) is 0 Å². The Morgan fingerprint density at radius 3 is 2.87 bits per heavy atom. The number of carbonyl (C=O) groups is 1. The molecule has 0 bridgehead atoms. The second kappa shape index (κ2) is 6.16. The molecule has 0 fully saturated rings. The Labute approximate surface area is 138 Å². The molecule has 5 heteroatoms. The summed E-state index contributed by atoms with van der Waals surface area (Å²) in [6.07, 6.45) is 0.265. The SMILES string of the molecule is Cc1[nH]c2ccc(F)cc2c1CC(=O)N(C)[C@@H](C)c1cccs1. The van der Waals surface area contributed by atoms with Crippen LogP contribution in [0.5, 0.6) is 0 Å². The first-order valence-corrected chi connectivity index (χ1v) is 8.41. The number of halogens is 1. The fraction of sp³-hybridized carbons (Fsp3) is 0.278. The van der Waals surface area contributed by atoms with E-state index in [1.54, 1.807) is 22.3 Å². The number of likely N-dealkylation sites (N-methyl/N-ethyl adjacent to an activating group) is 1. The molecule has 1 N–H and O–H groups in total. The Balaban J connectivity index is 1.85. The summed E-state index contributed by atoms with van der Waals surface area (Å²) in [4.78, 5) is 18.8. The molecule has 3 nitrogen and oxygen atoms in total. The van der Waals surface area contributed by atoms with Gasteiger partial charge in [0.25, 0.3) is 0 Å². The lowest BCUT2D eigenvalue weighted by Gasteiger charge is -2.24. The van der Waals surface area contributed by atoms with Crippen molar-refractivity contribution in [3.63, 3.8) is 0 Å². The van der Waals surface area contributed by atoms with Crippen molar-refractivity contribution in [1.29, 1.82) is 0 Å². The zero-order valence-electron chi connectivity index (χ0n) is 13.4. The van der Waals surface area contributed by atoms with Crippen LogP contribution in [0.25, 0.3) is 10.9 Å². The molecular formula is C18H19FN2OS. The lowest BCUT2D eigenvalue weighted by atomic mass is 10.1. The van der Waals surface area contributed by atoms with Crippen LogP contribution in [0, 0.1) is 12.7 Å². The van der Waals surface area contributed by atoms with E-state index in [2.05, 4.69) is 4.98 Å². The second-order valence-corrected chi connectivity index (χ2v) is 6.77. The molecule has 3 aromatic rings. The van der Waals surface area contributed by atoms with E-state index in [9.17, 15) is 9.18 Å². The van der Waals surface area contributed by atoms with Gasteiger partial charge in [0.2, 0.25) is 5.91 Å². The van der Waals surface area contributed by atoms with E-state index >= 15 is 0 Å². The molecule has 23 heavy (non-hydrogen) atoms. The number of H-pyrrole nitrogens is 1. The first-order valence-electron chi connectivity index (χ1n) is 7.53. The molecule has 0 radical (unpaired) electrons. The number of benzene rings is 1. The van der Waals surface area contributed by atoms with E-state index in [4.69, 9.17) is 0 Å². The van der Waals surface area contributed by atoms with Crippen LogP contribution in [0.1, 0.15) is 29.1 Å². The second-order valence-electron chi connectivity index (χ2n) is 5.79. The van der Waals surface area contributed by atoms with Gasteiger partial charge in [-0.1, -0.05) is 6.07 Å². The lowest BCUT2D eigenvalue weighted by Crippen LogP contribution is -2.30. The maximum atomic E-state index is 13.5. The van der Waals surface area contributed by atoms with Gasteiger partial charge in [0.15, 0.2) is 0 Å². The van der Waals surface area contributed by atoms with E-state index in [-0.39, 0.29) is 24.2 Å². The third-order valence-electron chi connectivity index (χ3n) is 4.34. The summed E-state index contributed by atoms with van der Waals surface area (Å²) < 4.78 is 13.5. The standard InChI is InChI=1S/C18H19FN2OS/c1-11-14(15-9-13(19)6-7-16(15)20-11)10-18(22)21(3)12(2)17-5-4-8-23-17/h4-9,12,20H,10H2,1-3H3/t12-/m0/s1. The minimum atomic E-state index is -0.287. The number of aryl methyl sites for hydroxylation is 1. The van der Waals surface area contributed by atoms with Gasteiger partial charge in [0.1, 0.15) is 5.82 Å². The number of nitrogens with one attached hydrogen (secondary N) is 1. The number of hydrogen-bond acceptors (Lipinski definition) is 2. The van der Waals surface area contributed by atoms with E-state index < -0.39 is 0 Å². The molecular weight excluding hydrogens is 311 g/mol. The van der Waals surface area contributed by atoms with Crippen molar-refractivity contribution in [1.82, 2.24) is 9.88 Å². The van der Waals surface area contributed by atoms with E-state index in [0.717, 1.165) is 27.0 Å². The number of thiophene rings is 1. The smallest absolute Gasteiger partial charge is 0.227 e. The van der Waals surface area contributed by atoms with Crippen molar-refractivity contribution in [2.75, 3.05) is 7.05 Å². The zero-order chi connectivity index (χ0) is 16.6. The molecule has 2 heterocycles. The normalized spacial score (nSPS) is 12.5. The molecule has 0 unspecified atom stereocenters. The fourth-order valence-electron chi connectivity index (χ4n) is 2.79. The highest BCUT2D eigenvalue weighted by molar-refractivity contribution is 7.10. The molecule has 0 aliphatic heterocycles. The van der Waals surface area contributed by atoms with Crippen LogP contribution < -0.4 is 0 Å². The summed E-state index contributed by atoms with van der Waals surface area (Å²) in [7, 11) is 1.82. The Morgan fingerprint density at radius 1 is 1.39 bits per heavy atom. The molecule has 1 atom stereocenters. The number of rotatable bonds is 4. The van der Waals surface area contributed by atoms with Crippen LogP contribution in [-0.4, -0.2) is 22.8 Å². The molecule has 1 aromatic carbocycles. The highest BCUT2D eigenvalue weighted by atomic mass is 32.1. The number of amides is 1. The van der Waals surface area contributed by atoms with Crippen molar-refractivity contribution in [2.45, 2.75) is 26.3 Å². The molecule has 0 aliphatic rings. The minimum Gasteiger partial charge on any atom is -0.358 e. The van der Waals surface area contributed by atoms with Gasteiger partial charge < -0.3 is 9.88 Å². The van der Waals surface area contributed by atoms with Crippen molar-refractivity contribution >= 4 is 28.1 Å². The summed E-state index contributed by atoms with van der Waals surface area (Å²) in [5, 5.41) is 2.80. The number of aromatic nitrogens is 1. The summed E-state index contributed by atoms with van der Waals surface area (Å²) in [6.45, 7) is 3.94. The molecule has 0 aliphatic carbocycles. The predicted molar refractivity (Wildman–Crippen MR) is 92.2 cm³/mol. The Kier molecular flexibility index (Phi) is 4.22. The maximum Gasteiger partial charge on any atom is 0.227 e. The molecule has 0 spiro atoms. The lowest BCUT2D eigenvalue weighted by molar-refractivity contribution is -0.131. The van der Waals surface area contributed by atoms with Crippen LogP contribution in [0.15, 0.2) is 35.7 Å². The number of hydrogen-bond donors (Lipinski definition) is 1. The van der Waals surface area contributed by atoms with Crippen molar-refractivity contribution in [3.05, 3.63) is 57.7 Å². The van der Waals surface area contributed by atoms with Gasteiger partial charge in [-0.3, -0.25) is 4.79 Å². The molecule has 0 saturated carbocycles. The van der Waals surface area contributed by atoms with Crippen LogP contribution in [0.2, 0.25) is 0 Å². The number of fused-ring (bicyclic) bond motifs is 1. The highest BCUT2D eigenvalue weighted by Gasteiger charge is 2.20. The van der Waals surface area contributed by atoms with E-state index in [1.165, 1.54) is 12.1 Å². The van der Waals surface area contributed by atoms with Gasteiger partial charge in [-0.2, -0.15) is 0 Å². The fourth-order valence-corrected chi connectivity index (χ4v) is 3.62. The van der Waals surface area contributed by atoms with E-state index in [0.29, 0.717) is 0 Å². The number of aromatic amines is 1. The molecule has 3 rings (SSSR count). The van der Waals surface area contributed by atoms with Gasteiger partial charge in [-0.05, 0) is 49.1 Å². The maximum absolute atomic E-state index is 13.5. The van der Waals surface area contributed by atoms with Gasteiger partial charge in [0.05, 0.1) is 12.5 Å². The minimum absolute atomic E-state index is 0.0270. The Bertz CT molecular complexity index is 838. The topological polar surface area (TPSA) is 36.1 Å². The first-order chi connectivity index (χ1) is 11.0. The number of nitrogens with zero attached hydrogens (tertiary/aromatic N) is 1. The quantitative estimate of drug-likeness (QED) is 0.754. The molecule has 1 amide bonds. The average molecular weight is 330 g/mol. The van der Waals surface area contributed by atoms with Gasteiger partial charge >= 0.3 is 0 Å². The summed E-state index contributed by atoms with van der Waals surface area (Å²) in [6, 6.07) is 8.68. The predicted octanol–water partition coefficient (Wildman–Crippen LogP) is 4.44. The largest absolute Gasteiger partial charge is 0.358 e.